The van der Waals surface area contributed by atoms with Crippen molar-refractivity contribution in [2.24, 2.45) is 0 Å². The van der Waals surface area contributed by atoms with Crippen molar-refractivity contribution >= 4 is 110 Å². The lowest BCUT2D eigenvalue weighted by Crippen LogP contribution is -2.11. The molecule has 4 heterocycles. The summed E-state index contributed by atoms with van der Waals surface area (Å²) in [6.07, 6.45) is 26.7. The fourth-order valence-electron chi connectivity index (χ4n) is 16.9. The van der Waals surface area contributed by atoms with Gasteiger partial charge < -0.3 is 18.6 Å². The summed E-state index contributed by atoms with van der Waals surface area (Å²) in [7, 11) is 0. The van der Waals surface area contributed by atoms with Crippen LogP contribution < -0.4 is 9.80 Å². The molecule has 13 aromatic rings. The van der Waals surface area contributed by atoms with Crippen molar-refractivity contribution < 1.29 is 0 Å². The lowest BCUT2D eigenvalue weighted by Gasteiger charge is -2.28. The first kappa shape index (κ1) is 48.8. The molecule has 0 amide bonds. The zero-order chi connectivity index (χ0) is 53.8. The molecule has 0 saturated heterocycles. The van der Waals surface area contributed by atoms with Gasteiger partial charge >= 0.3 is 0 Å². The molecule has 0 atom stereocenters. The molecule has 9 aromatic carbocycles. The van der Waals surface area contributed by atoms with Crippen LogP contribution in [0.4, 0.5) is 34.1 Å². The van der Waals surface area contributed by atoms with Crippen LogP contribution in [0.25, 0.3) is 76.2 Å². The zero-order valence-corrected chi connectivity index (χ0v) is 47.6. The lowest BCUT2D eigenvalue weighted by atomic mass is 9.84. The quantitative estimate of drug-likeness (QED) is 0.136. The molecule has 4 heteroatoms. The van der Waals surface area contributed by atoms with E-state index in [9.17, 15) is 0 Å². The second-order valence-corrected chi connectivity index (χ2v) is 25.7. The first-order chi connectivity index (χ1) is 40.7. The summed E-state index contributed by atoms with van der Waals surface area (Å²) in [5.41, 5.74) is 20.9. The zero-order valence-electron chi connectivity index (χ0n) is 47.6. The molecular weight excluding hydrogens is 993 g/mol. The Balaban J connectivity index is 0.818. The largest absolute Gasteiger partial charge is 0.310 e. The van der Waals surface area contributed by atoms with Crippen LogP contribution in [-0.2, 0) is 0 Å². The number of nitrogens with zero attached hydrogens (tertiary/aromatic N) is 4. The molecule has 82 heavy (non-hydrogen) atoms. The van der Waals surface area contributed by atoms with Gasteiger partial charge in [-0.25, -0.2) is 0 Å². The molecule has 4 saturated carbocycles. The Morgan fingerprint density at radius 3 is 0.780 bits per heavy atom. The molecule has 4 nitrogen and oxygen atoms in total. The predicted molar refractivity (Wildman–Crippen MR) is 348 cm³/mol. The van der Waals surface area contributed by atoms with E-state index in [1.165, 1.54) is 261 Å². The van der Waals surface area contributed by atoms with Crippen LogP contribution in [0.15, 0.2) is 182 Å². The van der Waals surface area contributed by atoms with E-state index >= 15 is 0 Å². The van der Waals surface area contributed by atoms with Gasteiger partial charge in [-0.15, -0.1) is 0 Å². The third-order valence-electron chi connectivity index (χ3n) is 21.1. The Morgan fingerprint density at radius 2 is 0.488 bits per heavy atom. The minimum Gasteiger partial charge on any atom is -0.310 e. The van der Waals surface area contributed by atoms with Crippen molar-refractivity contribution in [1.29, 1.82) is 0 Å². The highest BCUT2D eigenvalue weighted by molar-refractivity contribution is 6.29. The summed E-state index contributed by atoms with van der Waals surface area (Å²) in [5, 5.41) is 10.5. The molecule has 4 aliphatic rings. The van der Waals surface area contributed by atoms with Crippen LogP contribution in [0.3, 0.4) is 0 Å². The van der Waals surface area contributed by atoms with E-state index in [2.05, 4.69) is 201 Å². The highest BCUT2D eigenvalue weighted by Crippen LogP contribution is 2.49. The van der Waals surface area contributed by atoms with Crippen molar-refractivity contribution in [2.75, 3.05) is 9.80 Å². The van der Waals surface area contributed by atoms with Gasteiger partial charge in [0.05, 0.1) is 33.1 Å². The Bertz CT molecular complexity index is 4050. The molecule has 0 aliphatic heterocycles. The lowest BCUT2D eigenvalue weighted by molar-refractivity contribution is 0.443. The van der Waals surface area contributed by atoms with Gasteiger partial charge in [0.15, 0.2) is 0 Å². The van der Waals surface area contributed by atoms with E-state index in [4.69, 9.17) is 0 Å². The fraction of sp³-hybridized carbons (Fsp3) is 0.308. The maximum Gasteiger partial charge on any atom is 0.0620 e. The number of benzene rings is 9. The molecule has 0 N–H and O–H groups in total. The molecule has 4 aromatic heterocycles. The van der Waals surface area contributed by atoms with Gasteiger partial charge in [0, 0.05) is 77.2 Å². The molecule has 0 radical (unpaired) electrons. The van der Waals surface area contributed by atoms with E-state index in [1.807, 2.05) is 0 Å². The molecule has 17 rings (SSSR count). The molecule has 0 spiro atoms. The van der Waals surface area contributed by atoms with Gasteiger partial charge in [-0.2, -0.15) is 0 Å². The summed E-state index contributed by atoms with van der Waals surface area (Å²) in [6, 6.07) is 72.3. The second kappa shape index (κ2) is 20.0. The van der Waals surface area contributed by atoms with Crippen LogP contribution in [0.5, 0.6) is 0 Å². The average Bonchev–Trinajstić information content (AvgIpc) is 3.94. The van der Waals surface area contributed by atoms with Crippen LogP contribution >= 0.6 is 0 Å². The number of anilines is 6. The number of hydrogen-bond donors (Lipinski definition) is 0. The second-order valence-electron chi connectivity index (χ2n) is 25.7. The smallest absolute Gasteiger partial charge is 0.0620 e. The molecular formula is C78H74N4. The highest BCUT2D eigenvalue weighted by Gasteiger charge is 2.27. The average molecular weight is 1070 g/mol. The van der Waals surface area contributed by atoms with Crippen molar-refractivity contribution in [2.45, 2.75) is 152 Å². The van der Waals surface area contributed by atoms with E-state index in [0.717, 1.165) is 0 Å². The van der Waals surface area contributed by atoms with Crippen LogP contribution in [-0.4, -0.2) is 8.80 Å². The minimum absolute atomic E-state index is 0.672. The molecule has 0 unspecified atom stereocenters. The maximum atomic E-state index is 2.61. The van der Waals surface area contributed by atoms with Crippen molar-refractivity contribution in [3.8, 4) is 0 Å². The van der Waals surface area contributed by atoms with Crippen molar-refractivity contribution in [3.05, 3.63) is 204 Å². The summed E-state index contributed by atoms with van der Waals surface area (Å²) < 4.78 is 5.22. The van der Waals surface area contributed by atoms with Crippen molar-refractivity contribution in [3.63, 3.8) is 0 Å². The maximum absolute atomic E-state index is 2.61. The monoisotopic (exact) mass is 1070 g/mol. The third-order valence-corrected chi connectivity index (χ3v) is 21.1. The highest BCUT2D eigenvalue weighted by atomic mass is 15.1. The summed E-state index contributed by atoms with van der Waals surface area (Å²) in [4.78, 5) is 5.04. The molecule has 406 valence electrons. The number of hydrogen-bond acceptors (Lipinski definition) is 2. The van der Waals surface area contributed by atoms with E-state index in [-0.39, 0.29) is 0 Å². The molecule has 4 aliphatic carbocycles. The van der Waals surface area contributed by atoms with Crippen LogP contribution in [0.2, 0.25) is 0 Å². The van der Waals surface area contributed by atoms with Gasteiger partial charge in [0.2, 0.25) is 0 Å². The first-order valence-corrected chi connectivity index (χ1v) is 32.0. The van der Waals surface area contributed by atoms with Gasteiger partial charge in [-0.05, 0) is 182 Å². The van der Waals surface area contributed by atoms with E-state index in [1.54, 1.807) is 0 Å². The van der Waals surface area contributed by atoms with Crippen LogP contribution in [0.1, 0.15) is 174 Å². The standard InChI is InChI=1S/C78H74N4/c1-5-15-51(16-6-1)55-27-35-59(36-28-55)79(60-37-29-56(30-38-60)52-17-7-2-8-18-52)63-43-45-65-67-23-13-25-69-71-50-76-72(49-75(71)81(77(67)69)73(65)47-63)70-26-14-24-68-66-46-44-64(48-74(66)82(76)78(68)70)80(61-39-31-57(32-40-61)53-19-9-3-10-20-53)62-41-33-58(34-42-62)54-21-11-4-12-22-54/h13-14,23-54H,1-12,15-22H2. The Kier molecular flexibility index (Phi) is 11.9. The summed E-state index contributed by atoms with van der Waals surface area (Å²) >= 11 is 0. The van der Waals surface area contributed by atoms with Crippen LogP contribution in [0, 0.1) is 0 Å². The van der Waals surface area contributed by atoms with Gasteiger partial charge in [-0.3, -0.25) is 0 Å². The number of para-hydroxylation sites is 2. The van der Waals surface area contributed by atoms with Crippen molar-refractivity contribution in [1.82, 2.24) is 8.80 Å². The molecule has 4 fully saturated rings. The van der Waals surface area contributed by atoms with E-state index < -0.39 is 0 Å². The van der Waals surface area contributed by atoms with Gasteiger partial charge in [0.1, 0.15) is 0 Å². The Morgan fingerprint density at radius 1 is 0.232 bits per heavy atom. The van der Waals surface area contributed by atoms with Gasteiger partial charge in [-0.1, -0.05) is 174 Å². The third kappa shape index (κ3) is 7.97. The molecule has 0 bridgehead atoms. The summed E-state index contributed by atoms with van der Waals surface area (Å²) in [5.74, 6) is 2.69. The van der Waals surface area contributed by atoms with Gasteiger partial charge in [0.25, 0.3) is 0 Å². The predicted octanol–water partition coefficient (Wildman–Crippen LogP) is 23.1. The topological polar surface area (TPSA) is 15.3 Å². The number of aromatic nitrogens is 2. The summed E-state index contributed by atoms with van der Waals surface area (Å²) in [6.45, 7) is 0. The number of rotatable bonds is 10. The fourth-order valence-corrected chi connectivity index (χ4v) is 16.9. The Hall–Kier alpha value is -7.82. The normalized spacial score (nSPS) is 17.6. The van der Waals surface area contributed by atoms with E-state index in [0.29, 0.717) is 23.7 Å². The minimum atomic E-state index is 0.672. The Labute approximate surface area is 482 Å². The first-order valence-electron chi connectivity index (χ1n) is 32.0. The number of fused-ring (bicyclic) bond motifs is 12. The SMILES string of the molecule is c1cc2c3ccc(N(c4ccc(C5CCCCC5)cc4)c4ccc(C5CCCCC5)cc4)cc3n3c4cc5c6cccc7c8ccc(N(c9ccc(C%10CCCCC%10)cc9)c9ccc(C%10CCCCC%10)cc9)cc8n(c5cc4c(c1)c23)c76.